The third-order valence-electron chi connectivity index (χ3n) is 1.73. The van der Waals surface area contributed by atoms with E-state index in [0.717, 1.165) is 12.8 Å². The van der Waals surface area contributed by atoms with E-state index in [1.165, 1.54) is 0 Å². The normalized spacial score (nSPS) is 18.1. The van der Waals surface area contributed by atoms with Gasteiger partial charge >= 0.3 is 6.03 Å². The molecule has 12 heavy (non-hydrogen) atoms. The SMILES string of the molecule is CC(NC(=O)NC1CC1)C(=N)N. The number of hydrogen-bond donors (Lipinski definition) is 4. The fourth-order valence-corrected chi connectivity index (χ4v) is 0.729. The fourth-order valence-electron chi connectivity index (χ4n) is 0.729. The van der Waals surface area contributed by atoms with Gasteiger partial charge in [-0.2, -0.15) is 0 Å². The molecule has 0 aromatic rings. The van der Waals surface area contributed by atoms with Crippen LogP contribution in [0.5, 0.6) is 0 Å². The van der Waals surface area contributed by atoms with Crippen molar-refractivity contribution in [1.82, 2.24) is 10.6 Å². The van der Waals surface area contributed by atoms with Crippen molar-refractivity contribution in [3.63, 3.8) is 0 Å². The van der Waals surface area contributed by atoms with Gasteiger partial charge in [-0.3, -0.25) is 5.41 Å². The molecule has 0 heterocycles. The minimum absolute atomic E-state index is 0.0269. The summed E-state index contributed by atoms with van der Waals surface area (Å²) in [6.45, 7) is 1.68. The van der Waals surface area contributed by atoms with Crippen molar-refractivity contribution in [2.24, 2.45) is 5.73 Å². The molecule has 0 spiro atoms. The average molecular weight is 170 g/mol. The molecule has 5 nitrogen and oxygen atoms in total. The van der Waals surface area contributed by atoms with Crippen molar-refractivity contribution in [2.45, 2.75) is 31.8 Å². The van der Waals surface area contributed by atoms with Crippen molar-refractivity contribution in [3.05, 3.63) is 0 Å². The van der Waals surface area contributed by atoms with Gasteiger partial charge in [0.15, 0.2) is 0 Å². The van der Waals surface area contributed by atoms with Crippen LogP contribution in [-0.2, 0) is 0 Å². The van der Waals surface area contributed by atoms with Gasteiger partial charge in [-0.05, 0) is 19.8 Å². The molecule has 1 aliphatic carbocycles. The van der Waals surface area contributed by atoms with Crippen LogP contribution in [-0.4, -0.2) is 24.0 Å². The molecule has 2 amide bonds. The maximum absolute atomic E-state index is 11.0. The molecule has 0 radical (unpaired) electrons. The zero-order chi connectivity index (χ0) is 9.14. The molecule has 1 atom stereocenters. The molecular formula is C7H14N4O. The predicted octanol–water partition coefficient (Wildman–Crippen LogP) is -0.228. The number of hydrogen-bond acceptors (Lipinski definition) is 2. The van der Waals surface area contributed by atoms with Crippen molar-refractivity contribution in [2.75, 3.05) is 0 Å². The highest BCUT2D eigenvalue weighted by Gasteiger charge is 2.23. The van der Waals surface area contributed by atoms with Gasteiger partial charge in [0, 0.05) is 6.04 Å². The lowest BCUT2D eigenvalue weighted by Gasteiger charge is -2.12. The summed E-state index contributed by atoms with van der Waals surface area (Å²) in [5.41, 5.74) is 5.17. The summed E-state index contributed by atoms with van der Waals surface area (Å²) in [6.07, 6.45) is 2.11. The highest BCUT2D eigenvalue weighted by molar-refractivity contribution is 5.87. The Bertz CT molecular complexity index is 200. The molecule has 1 fully saturated rings. The van der Waals surface area contributed by atoms with Crippen LogP contribution >= 0.6 is 0 Å². The molecule has 68 valence electrons. The van der Waals surface area contributed by atoms with E-state index in [1.807, 2.05) is 0 Å². The molecule has 0 bridgehead atoms. The molecule has 5 N–H and O–H groups in total. The Morgan fingerprint density at radius 3 is 2.67 bits per heavy atom. The average Bonchev–Trinajstić information content (AvgIpc) is 2.71. The second-order valence-corrected chi connectivity index (χ2v) is 3.07. The summed E-state index contributed by atoms with van der Waals surface area (Å²) in [5, 5.41) is 12.3. The summed E-state index contributed by atoms with van der Waals surface area (Å²) in [6, 6.07) is -0.284. The third-order valence-corrected chi connectivity index (χ3v) is 1.73. The van der Waals surface area contributed by atoms with E-state index in [2.05, 4.69) is 10.6 Å². The van der Waals surface area contributed by atoms with E-state index in [4.69, 9.17) is 11.1 Å². The van der Waals surface area contributed by atoms with Crippen molar-refractivity contribution < 1.29 is 4.79 Å². The van der Waals surface area contributed by atoms with Gasteiger partial charge in [0.05, 0.1) is 6.04 Å². The number of rotatable bonds is 3. The second-order valence-electron chi connectivity index (χ2n) is 3.07. The van der Waals surface area contributed by atoms with Gasteiger partial charge in [-0.25, -0.2) is 4.79 Å². The maximum atomic E-state index is 11.0. The molecule has 0 aromatic carbocycles. The van der Waals surface area contributed by atoms with Crippen molar-refractivity contribution in [1.29, 1.82) is 5.41 Å². The smallest absolute Gasteiger partial charge is 0.315 e. The zero-order valence-corrected chi connectivity index (χ0v) is 7.05. The van der Waals surface area contributed by atoms with Gasteiger partial charge in [0.1, 0.15) is 5.84 Å². The number of amidine groups is 1. The van der Waals surface area contributed by atoms with Crippen LogP contribution in [0.25, 0.3) is 0 Å². The van der Waals surface area contributed by atoms with E-state index in [-0.39, 0.29) is 17.9 Å². The lowest BCUT2D eigenvalue weighted by Crippen LogP contribution is -2.47. The lowest BCUT2D eigenvalue weighted by atomic mass is 10.3. The third kappa shape index (κ3) is 2.77. The number of nitrogens with one attached hydrogen (secondary N) is 3. The first-order chi connectivity index (χ1) is 5.59. The molecule has 0 aromatic heterocycles. The number of carbonyl (C=O) groups is 1. The minimum Gasteiger partial charge on any atom is -0.386 e. The molecule has 1 unspecified atom stereocenters. The van der Waals surface area contributed by atoms with Crippen LogP contribution in [0.15, 0.2) is 0 Å². The van der Waals surface area contributed by atoms with Crippen LogP contribution in [0, 0.1) is 5.41 Å². The maximum Gasteiger partial charge on any atom is 0.315 e. The molecule has 5 heteroatoms. The van der Waals surface area contributed by atoms with Crippen molar-refractivity contribution in [3.8, 4) is 0 Å². The molecule has 0 aliphatic heterocycles. The topological polar surface area (TPSA) is 91.0 Å². The monoisotopic (exact) mass is 170 g/mol. The van der Waals surface area contributed by atoms with Crippen LogP contribution in [0.3, 0.4) is 0 Å². The Hall–Kier alpha value is -1.26. The molecule has 0 saturated heterocycles. The summed E-state index contributed by atoms with van der Waals surface area (Å²) in [5.74, 6) is -0.0269. The lowest BCUT2D eigenvalue weighted by molar-refractivity contribution is 0.239. The van der Waals surface area contributed by atoms with E-state index >= 15 is 0 Å². The highest BCUT2D eigenvalue weighted by atomic mass is 16.2. The number of urea groups is 1. The minimum atomic E-state index is -0.385. The van der Waals surface area contributed by atoms with Crippen LogP contribution in [0.1, 0.15) is 19.8 Å². The fraction of sp³-hybridized carbons (Fsp3) is 0.714. The first-order valence-electron chi connectivity index (χ1n) is 4.00. The van der Waals surface area contributed by atoms with Crippen LogP contribution in [0.4, 0.5) is 4.79 Å². The largest absolute Gasteiger partial charge is 0.386 e. The van der Waals surface area contributed by atoms with E-state index < -0.39 is 0 Å². The summed E-state index contributed by atoms with van der Waals surface area (Å²) in [4.78, 5) is 11.0. The summed E-state index contributed by atoms with van der Waals surface area (Å²) in [7, 11) is 0. The Balaban J connectivity index is 2.19. The molecular weight excluding hydrogens is 156 g/mol. The Morgan fingerprint density at radius 1 is 1.67 bits per heavy atom. The number of amides is 2. The second kappa shape index (κ2) is 3.42. The molecule has 1 aliphatic rings. The first kappa shape index (κ1) is 8.83. The molecule has 1 rings (SSSR count). The van der Waals surface area contributed by atoms with Crippen molar-refractivity contribution >= 4 is 11.9 Å². The van der Waals surface area contributed by atoms with Crippen LogP contribution < -0.4 is 16.4 Å². The summed E-state index contributed by atoms with van der Waals surface area (Å²) >= 11 is 0. The highest BCUT2D eigenvalue weighted by Crippen LogP contribution is 2.18. The first-order valence-corrected chi connectivity index (χ1v) is 4.00. The van der Waals surface area contributed by atoms with E-state index in [9.17, 15) is 4.79 Å². The van der Waals surface area contributed by atoms with Gasteiger partial charge in [-0.1, -0.05) is 0 Å². The van der Waals surface area contributed by atoms with Gasteiger partial charge in [0.25, 0.3) is 0 Å². The van der Waals surface area contributed by atoms with E-state index in [0.29, 0.717) is 6.04 Å². The summed E-state index contributed by atoms with van der Waals surface area (Å²) < 4.78 is 0. The zero-order valence-electron chi connectivity index (χ0n) is 7.05. The number of nitrogens with two attached hydrogens (primary N) is 1. The Labute approximate surface area is 71.2 Å². The van der Waals surface area contributed by atoms with Crippen LogP contribution in [0.2, 0.25) is 0 Å². The quantitative estimate of drug-likeness (QED) is 0.348. The van der Waals surface area contributed by atoms with Gasteiger partial charge in [0.2, 0.25) is 0 Å². The Kier molecular flexibility index (Phi) is 2.52. The van der Waals surface area contributed by atoms with Gasteiger partial charge in [-0.15, -0.1) is 0 Å². The predicted molar refractivity (Wildman–Crippen MR) is 46.1 cm³/mol. The van der Waals surface area contributed by atoms with Gasteiger partial charge < -0.3 is 16.4 Å². The standard InChI is InChI=1S/C7H14N4O/c1-4(6(8)9)10-7(12)11-5-2-3-5/h4-5H,2-3H2,1H3,(H3,8,9)(H2,10,11,12). The Morgan fingerprint density at radius 2 is 2.25 bits per heavy atom. The number of carbonyl (C=O) groups excluding carboxylic acids is 1. The molecule has 1 saturated carbocycles. The van der Waals surface area contributed by atoms with E-state index in [1.54, 1.807) is 6.92 Å².